The second-order valence-electron chi connectivity index (χ2n) is 35.2. The van der Waals surface area contributed by atoms with Gasteiger partial charge in [0, 0.05) is 80.4 Å². The van der Waals surface area contributed by atoms with Crippen LogP contribution in [0, 0.1) is 27.7 Å². The van der Waals surface area contributed by atoms with Crippen LogP contribution in [-0.4, -0.2) is 29.9 Å². The summed E-state index contributed by atoms with van der Waals surface area (Å²) in [4.78, 5) is 29.1. The van der Waals surface area contributed by atoms with Crippen molar-refractivity contribution < 1.29 is 27.4 Å². The quantitative estimate of drug-likeness (QED) is 0.0673. The number of rotatable bonds is 22. The number of benzene rings is 18. The van der Waals surface area contributed by atoms with Crippen molar-refractivity contribution in [1.82, 2.24) is 29.9 Å². The zero-order valence-corrected chi connectivity index (χ0v) is 77.6. The summed E-state index contributed by atoms with van der Waals surface area (Å²) in [7, 11) is 0. The minimum atomic E-state index is -0.458. The van der Waals surface area contributed by atoms with Crippen molar-refractivity contribution in [2.24, 2.45) is 0 Å². The first-order valence-corrected chi connectivity index (χ1v) is 46.8. The summed E-state index contributed by atoms with van der Waals surface area (Å²) in [6.45, 7) is 7.41. The number of nitrogens with zero attached hydrogens (tertiary/aromatic N) is 6. The number of hydrogen-bond acceptors (Lipinski definition) is 6. The summed E-state index contributed by atoms with van der Waals surface area (Å²) in [5.74, 6) is 0. The zero-order valence-electron chi connectivity index (χ0n) is 97.6. The van der Waals surface area contributed by atoms with Gasteiger partial charge >= 0.3 is 0 Å². The Morgan fingerprint density at radius 1 is 0.134 bits per heavy atom. The van der Waals surface area contributed by atoms with Crippen molar-refractivity contribution >= 4 is 0 Å². The fourth-order valence-electron chi connectivity index (χ4n) is 19.1. The van der Waals surface area contributed by atoms with E-state index in [1.807, 2.05) is 131 Å². The van der Waals surface area contributed by atoms with Crippen LogP contribution in [0.25, 0.3) is 246 Å². The van der Waals surface area contributed by atoms with Gasteiger partial charge in [0.2, 0.25) is 0 Å². The number of aromatic nitrogens is 6. The molecule has 5 aromatic heterocycles. The second-order valence-corrected chi connectivity index (χ2v) is 35.2. The van der Waals surface area contributed by atoms with Crippen molar-refractivity contribution in [3.05, 3.63) is 532 Å². The molecule has 0 aliphatic carbocycles. The van der Waals surface area contributed by atoms with Gasteiger partial charge < -0.3 is 0 Å². The van der Waals surface area contributed by atoms with Gasteiger partial charge in [-0.25, -0.2) is 9.97 Å². The molecule has 0 spiro atoms. The Labute approximate surface area is 858 Å². The highest BCUT2D eigenvalue weighted by Crippen LogP contribution is 2.48. The highest BCUT2D eigenvalue weighted by atomic mass is 14.8. The van der Waals surface area contributed by atoms with Crippen LogP contribution in [0.15, 0.2) is 510 Å². The van der Waals surface area contributed by atoms with E-state index in [1.54, 1.807) is 31.1 Å². The maximum Gasteiger partial charge on any atom is 0.116 e. The Kier molecular flexibility index (Phi) is 18.6. The monoisotopic (exact) mass is 1830 g/mol. The summed E-state index contributed by atoms with van der Waals surface area (Å²) >= 11 is 0. The Hall–Kier alpha value is -18.4. The van der Waals surface area contributed by atoms with Gasteiger partial charge in [-0.15, -0.1) is 0 Å². The van der Waals surface area contributed by atoms with Crippen LogP contribution >= 0.6 is 0 Å². The first-order chi connectivity index (χ1) is 78.3. The first kappa shape index (κ1) is 67.8. The molecule has 6 heteroatoms. The molecule has 142 heavy (non-hydrogen) atoms. The van der Waals surface area contributed by atoms with Crippen LogP contribution in [0.5, 0.6) is 0 Å². The summed E-state index contributed by atoms with van der Waals surface area (Å²) < 4.78 is 170. The van der Waals surface area contributed by atoms with Gasteiger partial charge in [-0.3, -0.25) is 19.9 Å². The van der Waals surface area contributed by atoms with Crippen LogP contribution in [-0.2, 0) is 0 Å². The highest BCUT2D eigenvalue weighted by Gasteiger charge is 2.23. The van der Waals surface area contributed by atoms with Crippen molar-refractivity contribution in [2.75, 3.05) is 0 Å². The highest BCUT2D eigenvalue weighted by molar-refractivity contribution is 5.98. The molecule has 23 aromatic rings. The standard InChI is InChI=1S/C136H96N6/c1-89-73-131(137-84-127(89)93-29-9-5-10-30-93)103-61-49-97(50-62-103)115-37-17-23-43-121(115)109-77-110(122-44-24-18-38-116(122)98-51-63-104(64-52-98)132-74-90(2)128(85-138-132)94-31-11-6-12-32-94)80-113(79-109)125-47-27-21-41-119(125)101-57-69-107(70-58-101)135-83-136(142-88-141-135)108-71-59-102(60-72-108)120-42-22-28-48-126(120)114-81-111(123-45-25-19-39-117(123)99-53-65-105(66-54-99)133-75-91(3)129(86-139-133)95-33-13-7-14-34-95)78-112(82-114)124-46-26-20-40-118(124)100-55-67-106(68-56-100)134-76-92(4)130(87-140-134)96-35-15-8-16-36-96/h5-88H,1-4H3/i5D,6D,7D,8D,9D,10D,11D,12D,13D,14D,15D,16D,29D,30D,31D,32D,33D,34D,35D,36D. The lowest BCUT2D eigenvalue weighted by Gasteiger charge is -2.18. The minimum Gasteiger partial charge on any atom is -0.256 e. The molecule has 0 saturated carbocycles. The minimum absolute atomic E-state index is 0.0979. The molecule has 0 N–H and O–H groups in total. The molecular weight excluding hydrogens is 1720 g/mol. The van der Waals surface area contributed by atoms with Crippen LogP contribution < -0.4 is 0 Å². The summed E-state index contributed by atoms with van der Waals surface area (Å²) in [5, 5.41) is 0. The van der Waals surface area contributed by atoms with E-state index in [0.29, 0.717) is 67.3 Å². The van der Waals surface area contributed by atoms with Crippen LogP contribution in [0.3, 0.4) is 0 Å². The molecule has 0 aliphatic rings. The Bertz CT molecular complexity index is 8840. The summed E-state index contributed by atoms with van der Waals surface area (Å²) in [6, 6.07) is 116. The molecule has 0 unspecified atom stereocenters. The Balaban J connectivity index is 0.564. The van der Waals surface area contributed by atoms with E-state index in [9.17, 15) is 0 Å². The molecule has 23 rings (SSSR count). The van der Waals surface area contributed by atoms with E-state index in [2.05, 4.69) is 255 Å². The fraction of sp³-hybridized carbons (Fsp3) is 0.0294. The van der Waals surface area contributed by atoms with Gasteiger partial charge in [-0.05, 0) is 272 Å². The second kappa shape index (κ2) is 39.0. The number of pyridine rings is 4. The van der Waals surface area contributed by atoms with E-state index in [1.165, 1.54) is 0 Å². The van der Waals surface area contributed by atoms with Crippen molar-refractivity contribution in [1.29, 1.82) is 0 Å². The Morgan fingerprint density at radius 3 is 0.444 bits per heavy atom. The third-order valence-electron chi connectivity index (χ3n) is 26.4. The first-order valence-electron chi connectivity index (χ1n) is 56.8. The summed E-state index contributed by atoms with van der Waals surface area (Å²) in [5.41, 5.74) is 37.5. The summed E-state index contributed by atoms with van der Waals surface area (Å²) in [6.07, 6.45) is 7.94. The molecule has 6 nitrogen and oxygen atoms in total. The van der Waals surface area contributed by atoms with Crippen molar-refractivity contribution in [3.63, 3.8) is 0 Å². The molecule has 18 aromatic carbocycles. The lowest BCUT2D eigenvalue weighted by molar-refractivity contribution is 1.18. The van der Waals surface area contributed by atoms with Gasteiger partial charge in [0.05, 0.1) is 61.6 Å². The molecule has 0 amide bonds. The third-order valence-corrected chi connectivity index (χ3v) is 26.4. The maximum absolute atomic E-state index is 8.72. The van der Waals surface area contributed by atoms with Crippen LogP contribution in [0.2, 0.25) is 0 Å². The third kappa shape index (κ3) is 18.0. The Morgan fingerprint density at radius 2 is 0.282 bits per heavy atom. The largest absolute Gasteiger partial charge is 0.256 e. The molecular formula is C136H96N6. The molecule has 0 saturated heterocycles. The predicted molar refractivity (Wildman–Crippen MR) is 592 cm³/mol. The fourth-order valence-corrected chi connectivity index (χ4v) is 19.1. The molecule has 0 atom stereocenters. The van der Waals surface area contributed by atoms with E-state index in [0.717, 1.165) is 178 Å². The zero-order chi connectivity index (χ0) is 113. The SMILES string of the molecule is [2H]c1c([2H])c([2H])c(-c2cnc(-c3ccc(-c4ccccc4-c4cc(-c5ccccc5-c5ccc(-c6cc(-c7ccc(-c8ccccc8-c8cc(-c9ccccc9-c9ccc(-c%10cc(C)c(-c%11c([2H])c([2H])c([2H])c([2H])c%11[2H])cn%10)cc9)cc(-c9ccccc9-c9ccc(-c%10cc(C)c(-c%11c([2H])c([2H])c([2H])c([2H])c%11[2H])cn%10)cc9)c8)cc7)ncn6)cc5)cc(-c5ccccc5-c5ccc(-c6cc(C)c(-c7c([2H])c([2H])c([2H])c([2H])c7[2H])cn6)cc5)c4)cc3)cc2C)c([2H])c1[2H]. The van der Waals surface area contributed by atoms with Gasteiger partial charge in [0.1, 0.15) is 6.33 Å². The smallest absolute Gasteiger partial charge is 0.116 e. The van der Waals surface area contributed by atoms with Gasteiger partial charge in [0.25, 0.3) is 0 Å². The topological polar surface area (TPSA) is 77.3 Å². The lowest BCUT2D eigenvalue weighted by Crippen LogP contribution is -1.93. The number of aryl methyl sites for hydroxylation is 4. The van der Waals surface area contributed by atoms with Crippen molar-refractivity contribution in [3.8, 4) is 246 Å². The molecule has 5 heterocycles. The van der Waals surface area contributed by atoms with Gasteiger partial charge in [-0.2, -0.15) is 0 Å². The predicted octanol–water partition coefficient (Wildman–Crippen LogP) is 36.0. The molecule has 670 valence electrons. The molecule has 0 aliphatic heterocycles. The van der Waals surface area contributed by atoms with Gasteiger partial charge in [-0.1, -0.05) is 412 Å². The average Bonchev–Trinajstić information content (AvgIpc) is 0.771. The molecule has 0 radical (unpaired) electrons. The maximum atomic E-state index is 8.72. The van der Waals surface area contributed by atoms with E-state index >= 15 is 0 Å². The molecule has 0 bridgehead atoms. The van der Waals surface area contributed by atoms with E-state index in [-0.39, 0.29) is 70.6 Å². The normalized spacial score (nSPS) is 13.2. The van der Waals surface area contributed by atoms with Gasteiger partial charge in [0.15, 0.2) is 0 Å². The average molecular weight is 1830 g/mol. The van der Waals surface area contributed by atoms with E-state index < -0.39 is 72.5 Å². The van der Waals surface area contributed by atoms with Crippen molar-refractivity contribution in [2.45, 2.75) is 27.7 Å². The van der Waals surface area contributed by atoms with Crippen LogP contribution in [0.4, 0.5) is 0 Å². The lowest BCUT2D eigenvalue weighted by atomic mass is 9.86. The van der Waals surface area contributed by atoms with Crippen LogP contribution in [0.1, 0.15) is 49.7 Å². The van der Waals surface area contributed by atoms with E-state index in [4.69, 9.17) is 57.3 Å². The number of hydrogen-bond donors (Lipinski definition) is 0. The molecule has 0 fully saturated rings.